The summed E-state index contributed by atoms with van der Waals surface area (Å²) in [6.45, 7) is 8.47. The van der Waals surface area contributed by atoms with Crippen LogP contribution in [0.25, 0.3) is 0 Å². The lowest BCUT2D eigenvalue weighted by atomic mass is 10.2. The predicted octanol–water partition coefficient (Wildman–Crippen LogP) is 2.07. The second-order valence-electron chi connectivity index (χ2n) is 4.60. The Morgan fingerprint density at radius 2 is 2.22 bits per heavy atom. The topological polar surface area (TPSA) is 46.1 Å². The number of aromatic nitrogens is 1. The van der Waals surface area contributed by atoms with Crippen LogP contribution in [0.3, 0.4) is 0 Å². The quantitative estimate of drug-likeness (QED) is 0.695. The molecule has 1 amide bonds. The molecule has 0 aliphatic carbocycles. The smallest absolute Gasteiger partial charge is 0.239 e. The van der Waals surface area contributed by atoms with Gasteiger partial charge in [-0.2, -0.15) is 0 Å². The third kappa shape index (κ3) is 4.92. The van der Waals surface area contributed by atoms with Crippen LogP contribution in [-0.2, 0) is 11.3 Å². The van der Waals surface area contributed by atoms with E-state index in [9.17, 15) is 4.79 Å². The lowest BCUT2D eigenvalue weighted by molar-refractivity contribution is -0.121. The molecule has 18 heavy (non-hydrogen) atoms. The highest BCUT2D eigenvalue weighted by Crippen LogP contribution is 2.12. The van der Waals surface area contributed by atoms with E-state index in [1.54, 1.807) is 0 Å². The van der Waals surface area contributed by atoms with E-state index >= 15 is 0 Å². The minimum atomic E-state index is 0.0849. The fourth-order valence-electron chi connectivity index (χ4n) is 1.86. The highest BCUT2D eigenvalue weighted by Gasteiger charge is 2.07. The van der Waals surface area contributed by atoms with Crippen LogP contribution in [0, 0.1) is 0 Å². The summed E-state index contributed by atoms with van der Waals surface area (Å²) in [5.74, 6) is 0.0849. The summed E-state index contributed by atoms with van der Waals surface area (Å²) in [5, 5.41) is 6.28. The SMILES string of the molecule is CCCCNC(=O)Cn1ccc(C(C)NCC)c1. The van der Waals surface area contributed by atoms with Crippen LogP contribution in [0.5, 0.6) is 0 Å². The third-order valence-corrected chi connectivity index (χ3v) is 2.96. The molecule has 1 rings (SSSR count). The number of rotatable bonds is 8. The minimum Gasteiger partial charge on any atom is -0.355 e. The van der Waals surface area contributed by atoms with E-state index < -0.39 is 0 Å². The highest BCUT2D eigenvalue weighted by molar-refractivity contribution is 5.75. The van der Waals surface area contributed by atoms with Gasteiger partial charge in [-0.3, -0.25) is 4.79 Å². The molecule has 0 radical (unpaired) electrons. The van der Waals surface area contributed by atoms with Crippen molar-refractivity contribution in [3.63, 3.8) is 0 Å². The summed E-state index contributed by atoms with van der Waals surface area (Å²) in [4.78, 5) is 11.6. The van der Waals surface area contributed by atoms with Gasteiger partial charge in [-0.05, 0) is 31.5 Å². The van der Waals surface area contributed by atoms with E-state index in [-0.39, 0.29) is 5.91 Å². The van der Waals surface area contributed by atoms with Crippen LogP contribution in [0.4, 0.5) is 0 Å². The number of nitrogens with zero attached hydrogens (tertiary/aromatic N) is 1. The second-order valence-corrected chi connectivity index (χ2v) is 4.60. The van der Waals surface area contributed by atoms with E-state index in [0.717, 1.165) is 25.9 Å². The van der Waals surface area contributed by atoms with Crippen molar-refractivity contribution in [2.75, 3.05) is 13.1 Å². The minimum absolute atomic E-state index is 0.0849. The number of unbranched alkanes of at least 4 members (excludes halogenated alkanes) is 1. The zero-order valence-corrected chi connectivity index (χ0v) is 11.7. The van der Waals surface area contributed by atoms with Crippen molar-refractivity contribution in [2.24, 2.45) is 0 Å². The maximum Gasteiger partial charge on any atom is 0.239 e. The number of nitrogens with one attached hydrogen (secondary N) is 2. The number of amides is 1. The van der Waals surface area contributed by atoms with E-state index in [2.05, 4.69) is 37.5 Å². The Bertz CT molecular complexity index is 360. The van der Waals surface area contributed by atoms with Crippen molar-refractivity contribution in [2.45, 2.75) is 46.2 Å². The maximum atomic E-state index is 11.6. The Kier molecular flexibility index (Phi) is 6.50. The lowest BCUT2D eigenvalue weighted by Crippen LogP contribution is -2.28. The van der Waals surface area contributed by atoms with E-state index in [1.807, 2.05) is 17.0 Å². The fourth-order valence-corrected chi connectivity index (χ4v) is 1.86. The molecule has 0 bridgehead atoms. The summed E-state index contributed by atoms with van der Waals surface area (Å²) in [7, 11) is 0. The van der Waals surface area contributed by atoms with Gasteiger partial charge in [0.1, 0.15) is 6.54 Å². The van der Waals surface area contributed by atoms with Crippen LogP contribution in [0.2, 0.25) is 0 Å². The first-order valence-electron chi connectivity index (χ1n) is 6.83. The van der Waals surface area contributed by atoms with E-state index in [0.29, 0.717) is 12.6 Å². The van der Waals surface area contributed by atoms with E-state index in [4.69, 9.17) is 0 Å². The first kappa shape index (κ1) is 14.8. The van der Waals surface area contributed by atoms with Gasteiger partial charge >= 0.3 is 0 Å². The summed E-state index contributed by atoms with van der Waals surface area (Å²) >= 11 is 0. The average Bonchev–Trinajstić information content (AvgIpc) is 2.78. The van der Waals surface area contributed by atoms with Crippen LogP contribution in [0.1, 0.15) is 45.2 Å². The standard InChI is InChI=1S/C14H25N3O/c1-4-6-8-16-14(18)11-17-9-7-13(10-17)12(3)15-5-2/h7,9-10,12,15H,4-6,8,11H2,1-3H3,(H,16,18). The van der Waals surface area contributed by atoms with Gasteiger partial charge in [0.15, 0.2) is 0 Å². The molecule has 1 aromatic heterocycles. The third-order valence-electron chi connectivity index (χ3n) is 2.96. The van der Waals surface area contributed by atoms with Crippen molar-refractivity contribution in [3.8, 4) is 0 Å². The van der Waals surface area contributed by atoms with Crippen molar-refractivity contribution >= 4 is 5.91 Å². The molecule has 1 aromatic rings. The largest absolute Gasteiger partial charge is 0.355 e. The van der Waals surface area contributed by atoms with Crippen LogP contribution in [0.15, 0.2) is 18.5 Å². The number of carbonyl (C=O) groups excluding carboxylic acids is 1. The Labute approximate surface area is 110 Å². The molecule has 4 heteroatoms. The second kappa shape index (κ2) is 7.93. The molecule has 0 saturated heterocycles. The molecule has 1 atom stereocenters. The van der Waals surface area contributed by atoms with Crippen LogP contribution < -0.4 is 10.6 Å². The first-order chi connectivity index (χ1) is 8.67. The molecule has 0 saturated carbocycles. The Balaban J connectivity index is 2.41. The molecule has 1 heterocycles. The van der Waals surface area contributed by atoms with Crippen LogP contribution in [-0.4, -0.2) is 23.6 Å². The van der Waals surface area contributed by atoms with Gasteiger partial charge in [0, 0.05) is 25.0 Å². The fraction of sp³-hybridized carbons (Fsp3) is 0.643. The monoisotopic (exact) mass is 251 g/mol. The van der Waals surface area contributed by atoms with Gasteiger partial charge in [-0.25, -0.2) is 0 Å². The van der Waals surface area contributed by atoms with Gasteiger partial charge in [0.05, 0.1) is 0 Å². The molecular formula is C14H25N3O. The van der Waals surface area contributed by atoms with Crippen molar-refractivity contribution in [3.05, 3.63) is 24.0 Å². The lowest BCUT2D eigenvalue weighted by Gasteiger charge is -2.10. The number of carbonyl (C=O) groups is 1. The van der Waals surface area contributed by atoms with Crippen molar-refractivity contribution in [1.29, 1.82) is 0 Å². The van der Waals surface area contributed by atoms with Crippen molar-refractivity contribution < 1.29 is 4.79 Å². The molecule has 4 nitrogen and oxygen atoms in total. The van der Waals surface area contributed by atoms with Crippen LogP contribution >= 0.6 is 0 Å². The average molecular weight is 251 g/mol. The molecule has 102 valence electrons. The zero-order chi connectivity index (χ0) is 13.4. The molecule has 2 N–H and O–H groups in total. The highest BCUT2D eigenvalue weighted by atomic mass is 16.1. The van der Waals surface area contributed by atoms with Gasteiger partial charge < -0.3 is 15.2 Å². The number of hydrogen-bond donors (Lipinski definition) is 2. The Hall–Kier alpha value is -1.29. The normalized spacial score (nSPS) is 12.4. The molecular weight excluding hydrogens is 226 g/mol. The predicted molar refractivity (Wildman–Crippen MR) is 74.4 cm³/mol. The molecule has 0 fully saturated rings. The summed E-state index contributed by atoms with van der Waals surface area (Å²) in [6.07, 6.45) is 6.14. The molecule has 0 spiro atoms. The summed E-state index contributed by atoms with van der Waals surface area (Å²) in [6, 6.07) is 2.39. The van der Waals surface area contributed by atoms with Gasteiger partial charge in [-0.1, -0.05) is 20.3 Å². The van der Waals surface area contributed by atoms with Gasteiger partial charge in [0.25, 0.3) is 0 Å². The van der Waals surface area contributed by atoms with Gasteiger partial charge in [0.2, 0.25) is 5.91 Å². The number of hydrogen-bond acceptors (Lipinski definition) is 2. The Morgan fingerprint density at radius 1 is 1.44 bits per heavy atom. The zero-order valence-electron chi connectivity index (χ0n) is 11.7. The summed E-state index contributed by atoms with van der Waals surface area (Å²) in [5.41, 5.74) is 1.22. The molecule has 0 aliphatic heterocycles. The first-order valence-corrected chi connectivity index (χ1v) is 6.83. The molecule has 1 unspecified atom stereocenters. The molecule has 0 aliphatic rings. The molecule has 0 aromatic carbocycles. The Morgan fingerprint density at radius 3 is 2.89 bits per heavy atom. The summed E-state index contributed by atoms with van der Waals surface area (Å²) < 4.78 is 1.93. The maximum absolute atomic E-state index is 11.6. The van der Waals surface area contributed by atoms with Crippen molar-refractivity contribution in [1.82, 2.24) is 15.2 Å². The van der Waals surface area contributed by atoms with Gasteiger partial charge in [-0.15, -0.1) is 0 Å². The van der Waals surface area contributed by atoms with E-state index in [1.165, 1.54) is 5.56 Å².